The molecule has 0 aliphatic heterocycles. The molecule has 1 atom stereocenters. The van der Waals surface area contributed by atoms with Gasteiger partial charge >= 0.3 is 0 Å². The first-order valence-corrected chi connectivity index (χ1v) is 6.49. The lowest BCUT2D eigenvalue weighted by Gasteiger charge is -2.11. The van der Waals surface area contributed by atoms with Gasteiger partial charge in [0.2, 0.25) is 0 Å². The van der Waals surface area contributed by atoms with Crippen molar-refractivity contribution in [2.24, 2.45) is 5.73 Å². The van der Waals surface area contributed by atoms with Crippen LogP contribution in [0.25, 0.3) is 0 Å². The number of para-hydroxylation sites is 1. The van der Waals surface area contributed by atoms with E-state index >= 15 is 0 Å². The minimum Gasteiger partial charge on any atom is -0.323 e. The first-order chi connectivity index (χ1) is 8.59. The summed E-state index contributed by atoms with van der Waals surface area (Å²) in [6.07, 6.45) is 0.485. The summed E-state index contributed by atoms with van der Waals surface area (Å²) in [6, 6.07) is 8.58. The second-order valence-corrected chi connectivity index (χ2v) is 5.11. The third-order valence-corrected chi connectivity index (χ3v) is 4.02. The van der Waals surface area contributed by atoms with Crippen molar-refractivity contribution in [2.45, 2.75) is 19.4 Å². The van der Waals surface area contributed by atoms with E-state index in [1.54, 1.807) is 29.5 Å². The van der Waals surface area contributed by atoms with Gasteiger partial charge in [-0.25, -0.2) is 0 Å². The van der Waals surface area contributed by atoms with Gasteiger partial charge in [-0.1, -0.05) is 18.2 Å². The third-order valence-electron chi connectivity index (χ3n) is 2.87. The van der Waals surface area contributed by atoms with Crippen molar-refractivity contribution in [1.29, 1.82) is 0 Å². The molecule has 0 spiro atoms. The van der Waals surface area contributed by atoms with Crippen molar-refractivity contribution < 1.29 is 4.92 Å². The number of nitrogens with zero attached hydrogens (tertiary/aromatic N) is 1. The Morgan fingerprint density at radius 3 is 2.72 bits per heavy atom. The lowest BCUT2D eigenvalue weighted by atomic mass is 10.0. The van der Waals surface area contributed by atoms with Gasteiger partial charge in [0.25, 0.3) is 5.69 Å². The van der Waals surface area contributed by atoms with Crippen LogP contribution in [-0.4, -0.2) is 4.92 Å². The lowest BCUT2D eigenvalue weighted by molar-refractivity contribution is -0.385. The van der Waals surface area contributed by atoms with E-state index in [-0.39, 0.29) is 16.7 Å². The van der Waals surface area contributed by atoms with Gasteiger partial charge in [0.15, 0.2) is 0 Å². The maximum atomic E-state index is 10.9. The number of aryl methyl sites for hydroxylation is 1. The molecule has 18 heavy (non-hydrogen) atoms. The molecule has 0 radical (unpaired) electrons. The lowest BCUT2D eigenvalue weighted by Crippen LogP contribution is -2.13. The predicted molar refractivity (Wildman–Crippen MR) is 72.8 cm³/mol. The summed E-state index contributed by atoms with van der Waals surface area (Å²) in [5, 5.41) is 12.9. The first-order valence-electron chi connectivity index (χ1n) is 5.61. The molecule has 1 aromatic carbocycles. The number of rotatable bonds is 4. The highest BCUT2D eigenvalue weighted by Gasteiger charge is 2.17. The number of thiophene rings is 1. The van der Waals surface area contributed by atoms with Gasteiger partial charge < -0.3 is 5.73 Å². The van der Waals surface area contributed by atoms with E-state index in [2.05, 4.69) is 0 Å². The Bertz CT molecular complexity index is 566. The number of nitro benzene ring substituents is 1. The average Bonchev–Trinajstić information content (AvgIpc) is 2.76. The zero-order valence-electron chi connectivity index (χ0n) is 10.00. The third kappa shape index (κ3) is 2.57. The molecule has 1 aromatic heterocycles. The highest BCUT2D eigenvalue weighted by atomic mass is 32.1. The highest BCUT2D eigenvalue weighted by molar-refractivity contribution is 7.10. The molecule has 94 valence electrons. The Morgan fingerprint density at radius 2 is 2.11 bits per heavy atom. The van der Waals surface area contributed by atoms with E-state index < -0.39 is 0 Å². The van der Waals surface area contributed by atoms with Crippen molar-refractivity contribution in [2.75, 3.05) is 0 Å². The zero-order chi connectivity index (χ0) is 13.1. The zero-order valence-corrected chi connectivity index (χ0v) is 10.8. The van der Waals surface area contributed by atoms with E-state index in [1.807, 2.05) is 18.4 Å². The number of nitro groups is 1. The highest BCUT2D eigenvalue weighted by Crippen LogP contribution is 2.28. The second kappa shape index (κ2) is 5.29. The molecule has 0 amide bonds. The molecule has 0 saturated carbocycles. The quantitative estimate of drug-likeness (QED) is 0.679. The van der Waals surface area contributed by atoms with Crippen LogP contribution < -0.4 is 5.73 Å². The minimum absolute atomic E-state index is 0.141. The summed E-state index contributed by atoms with van der Waals surface area (Å²) < 4.78 is 0. The van der Waals surface area contributed by atoms with Gasteiger partial charge in [0.1, 0.15) is 0 Å². The van der Waals surface area contributed by atoms with Gasteiger partial charge in [0, 0.05) is 22.5 Å². The van der Waals surface area contributed by atoms with E-state index in [4.69, 9.17) is 5.73 Å². The van der Waals surface area contributed by atoms with Crippen molar-refractivity contribution >= 4 is 17.0 Å². The summed E-state index contributed by atoms with van der Waals surface area (Å²) >= 11 is 1.60. The number of benzene rings is 1. The second-order valence-electron chi connectivity index (χ2n) is 4.16. The molecule has 2 rings (SSSR count). The fraction of sp³-hybridized carbons (Fsp3) is 0.231. The molecule has 1 unspecified atom stereocenters. The van der Waals surface area contributed by atoms with Crippen LogP contribution in [0.15, 0.2) is 35.7 Å². The maximum Gasteiger partial charge on any atom is 0.272 e. The first kappa shape index (κ1) is 12.7. The summed E-state index contributed by atoms with van der Waals surface area (Å²) in [4.78, 5) is 11.7. The van der Waals surface area contributed by atoms with Crippen LogP contribution in [-0.2, 0) is 6.42 Å². The number of hydrogen-bond donors (Lipinski definition) is 1. The van der Waals surface area contributed by atoms with Gasteiger partial charge in [-0.05, 0) is 30.4 Å². The maximum absolute atomic E-state index is 10.9. The monoisotopic (exact) mass is 262 g/mol. The summed E-state index contributed by atoms with van der Waals surface area (Å²) in [5.41, 5.74) is 8.10. The topological polar surface area (TPSA) is 69.2 Å². The van der Waals surface area contributed by atoms with Gasteiger partial charge in [-0.15, -0.1) is 11.3 Å². The molecule has 2 N–H and O–H groups in total. The standard InChI is InChI=1S/C13H14N2O2S/c1-9-6-7-18-13(9)11(14)8-10-4-2-3-5-12(10)15(16)17/h2-7,11H,8,14H2,1H3. The molecule has 4 nitrogen and oxygen atoms in total. The Labute approximate surface area is 109 Å². The van der Waals surface area contributed by atoms with Crippen molar-refractivity contribution in [3.8, 4) is 0 Å². The smallest absolute Gasteiger partial charge is 0.272 e. The van der Waals surface area contributed by atoms with Gasteiger partial charge in [-0.2, -0.15) is 0 Å². The Balaban J connectivity index is 2.25. The van der Waals surface area contributed by atoms with Crippen molar-refractivity contribution in [3.63, 3.8) is 0 Å². The molecular formula is C13H14N2O2S. The average molecular weight is 262 g/mol. The minimum atomic E-state index is -0.358. The molecule has 0 bridgehead atoms. The SMILES string of the molecule is Cc1ccsc1C(N)Cc1ccccc1[N+](=O)[O-]. The van der Waals surface area contributed by atoms with Gasteiger partial charge in [0.05, 0.1) is 4.92 Å². The number of hydrogen-bond acceptors (Lipinski definition) is 4. The van der Waals surface area contributed by atoms with Crippen LogP contribution in [0.1, 0.15) is 22.0 Å². The molecule has 5 heteroatoms. The summed E-state index contributed by atoms with van der Waals surface area (Å²) in [7, 11) is 0. The summed E-state index contributed by atoms with van der Waals surface area (Å²) in [5.74, 6) is 0. The molecule has 0 saturated heterocycles. The molecule has 2 aromatic rings. The van der Waals surface area contributed by atoms with Crippen LogP contribution >= 0.6 is 11.3 Å². The van der Waals surface area contributed by atoms with Gasteiger partial charge in [-0.3, -0.25) is 10.1 Å². The molecule has 0 aliphatic carbocycles. The van der Waals surface area contributed by atoms with E-state index in [0.29, 0.717) is 12.0 Å². The van der Waals surface area contributed by atoms with Crippen LogP contribution in [0, 0.1) is 17.0 Å². The van der Waals surface area contributed by atoms with E-state index in [1.165, 1.54) is 6.07 Å². The van der Waals surface area contributed by atoms with E-state index in [9.17, 15) is 10.1 Å². The van der Waals surface area contributed by atoms with Crippen LogP contribution in [0.5, 0.6) is 0 Å². The van der Waals surface area contributed by atoms with E-state index in [0.717, 1.165) is 10.4 Å². The fourth-order valence-electron chi connectivity index (χ4n) is 1.96. The van der Waals surface area contributed by atoms with Crippen molar-refractivity contribution in [3.05, 3.63) is 61.8 Å². The summed E-state index contributed by atoms with van der Waals surface area (Å²) in [6.45, 7) is 2.01. The Hall–Kier alpha value is -1.72. The normalized spacial score (nSPS) is 12.3. The Kier molecular flexibility index (Phi) is 3.74. The van der Waals surface area contributed by atoms with Crippen molar-refractivity contribution in [1.82, 2.24) is 0 Å². The molecule has 1 heterocycles. The van der Waals surface area contributed by atoms with Crippen LogP contribution in [0.3, 0.4) is 0 Å². The van der Waals surface area contributed by atoms with Crippen LogP contribution in [0.4, 0.5) is 5.69 Å². The molecular weight excluding hydrogens is 248 g/mol. The van der Waals surface area contributed by atoms with Crippen LogP contribution in [0.2, 0.25) is 0 Å². The largest absolute Gasteiger partial charge is 0.323 e. The number of nitrogens with two attached hydrogens (primary N) is 1. The Morgan fingerprint density at radius 1 is 1.39 bits per heavy atom. The predicted octanol–water partition coefficient (Wildman–Crippen LogP) is 3.21. The molecule has 0 fully saturated rings. The fourth-order valence-corrected chi connectivity index (χ4v) is 2.89. The molecule has 0 aliphatic rings.